The highest BCUT2D eigenvalue weighted by molar-refractivity contribution is 6.63. The minimum Gasteiger partial charge on any atom is -0.507 e. The largest absolute Gasteiger partial charge is 0.507 e. The van der Waals surface area contributed by atoms with Gasteiger partial charge in [-0.2, -0.15) is 0 Å². The number of benzene rings is 1. The van der Waals surface area contributed by atoms with Crippen LogP contribution in [0, 0.1) is 5.92 Å². The molecule has 9 heteroatoms. The highest BCUT2D eigenvalue weighted by Crippen LogP contribution is 2.31. The van der Waals surface area contributed by atoms with Gasteiger partial charge >= 0.3 is 5.97 Å². The van der Waals surface area contributed by atoms with Crippen molar-refractivity contribution in [2.45, 2.75) is 64.9 Å². The number of ether oxygens (including phenoxy) is 2. The monoisotopic (exact) mass is 473 g/mol. The standard InChI is InChI=1S/C25H31NO8/c1-15-8-9-20(28)24(31)19(27)6-3-5-17-13-18(33-12-11-26-10-4-7-22(26)30)14-21(29)23(17)25(32)34-16(15)2/h13-16,29H,3-12H2,1-2H3/t15-,16+/m1/s1. The molecule has 0 bridgehead atoms. The Balaban J connectivity index is 1.81. The Bertz CT molecular complexity index is 985. The molecule has 34 heavy (non-hydrogen) atoms. The third-order valence-electron chi connectivity index (χ3n) is 6.46. The number of ketones is 3. The third-order valence-corrected chi connectivity index (χ3v) is 6.46. The Morgan fingerprint density at radius 1 is 1.00 bits per heavy atom. The van der Waals surface area contributed by atoms with Gasteiger partial charge in [-0.15, -0.1) is 0 Å². The van der Waals surface area contributed by atoms with Crippen molar-refractivity contribution in [3.05, 3.63) is 23.3 Å². The molecular formula is C25H31NO8. The molecule has 3 rings (SSSR count). The first kappa shape index (κ1) is 25.4. The summed E-state index contributed by atoms with van der Waals surface area (Å²) in [6.45, 7) is 4.79. The lowest BCUT2D eigenvalue weighted by atomic mass is 9.94. The molecule has 1 amide bonds. The number of phenolic OH excluding ortho intramolecular Hbond substituents is 1. The molecule has 1 saturated heterocycles. The highest BCUT2D eigenvalue weighted by Gasteiger charge is 2.28. The Morgan fingerprint density at radius 3 is 2.44 bits per heavy atom. The average Bonchev–Trinajstić information content (AvgIpc) is 3.20. The summed E-state index contributed by atoms with van der Waals surface area (Å²) < 4.78 is 11.3. The number of amides is 1. The van der Waals surface area contributed by atoms with Gasteiger partial charge in [0.1, 0.15) is 29.8 Å². The van der Waals surface area contributed by atoms with Crippen LogP contribution in [0.25, 0.3) is 0 Å². The number of cyclic esters (lactones) is 1. The second-order valence-corrected chi connectivity index (χ2v) is 8.96. The van der Waals surface area contributed by atoms with Gasteiger partial charge in [-0.3, -0.25) is 19.2 Å². The quantitative estimate of drug-likeness (QED) is 0.522. The summed E-state index contributed by atoms with van der Waals surface area (Å²) in [5.41, 5.74) is 0.411. The van der Waals surface area contributed by atoms with E-state index in [0.717, 1.165) is 6.42 Å². The average molecular weight is 474 g/mol. The topological polar surface area (TPSA) is 127 Å². The van der Waals surface area contributed by atoms with Crippen molar-refractivity contribution in [1.82, 2.24) is 4.90 Å². The zero-order valence-corrected chi connectivity index (χ0v) is 19.6. The fourth-order valence-corrected chi connectivity index (χ4v) is 4.15. The van der Waals surface area contributed by atoms with Crippen molar-refractivity contribution in [3.8, 4) is 11.5 Å². The van der Waals surface area contributed by atoms with E-state index in [9.17, 15) is 29.1 Å². The van der Waals surface area contributed by atoms with Gasteiger partial charge in [0.05, 0.1) is 6.54 Å². The number of aromatic hydroxyl groups is 1. The lowest BCUT2D eigenvalue weighted by Crippen LogP contribution is -2.29. The van der Waals surface area contributed by atoms with Gasteiger partial charge in [0.25, 0.3) is 5.78 Å². The molecule has 1 aromatic carbocycles. The van der Waals surface area contributed by atoms with Crippen LogP contribution in [0.15, 0.2) is 12.1 Å². The SMILES string of the molecule is C[C@@H]1CCC(=O)C(=O)C(=O)CCCc2cc(OCCN3CCCC3=O)cc(O)c2C(=O)O[C@H]1C. The van der Waals surface area contributed by atoms with E-state index < -0.39 is 29.4 Å². The van der Waals surface area contributed by atoms with Crippen LogP contribution < -0.4 is 4.74 Å². The third kappa shape index (κ3) is 6.21. The lowest BCUT2D eigenvalue weighted by molar-refractivity contribution is -0.144. The Labute approximate surface area is 198 Å². The van der Waals surface area contributed by atoms with Crippen molar-refractivity contribution in [3.63, 3.8) is 0 Å². The molecule has 0 spiro atoms. The molecule has 0 radical (unpaired) electrons. The molecule has 2 aliphatic rings. The van der Waals surface area contributed by atoms with Gasteiger partial charge in [-0.25, -0.2) is 4.79 Å². The number of rotatable bonds is 4. The molecule has 184 valence electrons. The van der Waals surface area contributed by atoms with Crippen molar-refractivity contribution < 1.29 is 38.6 Å². The smallest absolute Gasteiger partial charge is 0.342 e. The summed E-state index contributed by atoms with van der Waals surface area (Å²) in [5.74, 6) is -3.32. The molecule has 0 aromatic heterocycles. The van der Waals surface area contributed by atoms with Crippen LogP contribution in [-0.4, -0.2) is 65.0 Å². The zero-order chi connectivity index (χ0) is 24.8. The van der Waals surface area contributed by atoms with E-state index in [-0.39, 0.29) is 61.8 Å². The summed E-state index contributed by atoms with van der Waals surface area (Å²) in [6.07, 6.45) is 1.24. The molecule has 2 heterocycles. The van der Waals surface area contributed by atoms with Crippen LogP contribution in [-0.2, 0) is 30.3 Å². The van der Waals surface area contributed by atoms with Crippen molar-refractivity contribution in [2.75, 3.05) is 19.7 Å². The predicted molar refractivity (Wildman–Crippen MR) is 121 cm³/mol. The van der Waals surface area contributed by atoms with Gasteiger partial charge < -0.3 is 19.5 Å². The second kappa shape index (κ2) is 11.3. The van der Waals surface area contributed by atoms with E-state index in [2.05, 4.69) is 0 Å². The molecule has 1 fully saturated rings. The number of fused-ring (bicyclic) bond motifs is 1. The van der Waals surface area contributed by atoms with Gasteiger partial charge in [0, 0.05) is 31.9 Å². The fraction of sp³-hybridized carbons (Fsp3) is 0.560. The first-order valence-electron chi connectivity index (χ1n) is 11.7. The minimum absolute atomic E-state index is 0.00645. The van der Waals surface area contributed by atoms with Crippen LogP contribution in [0.1, 0.15) is 68.3 Å². The van der Waals surface area contributed by atoms with Crippen molar-refractivity contribution in [2.24, 2.45) is 5.92 Å². The first-order chi connectivity index (χ1) is 16.2. The molecule has 0 aliphatic carbocycles. The Morgan fingerprint density at radius 2 is 1.74 bits per heavy atom. The summed E-state index contributed by atoms with van der Waals surface area (Å²) in [4.78, 5) is 62.7. The van der Waals surface area contributed by atoms with E-state index >= 15 is 0 Å². The number of aryl methyl sites for hydroxylation is 1. The van der Waals surface area contributed by atoms with Gasteiger partial charge in [0.15, 0.2) is 0 Å². The van der Waals surface area contributed by atoms with Crippen LogP contribution in [0.5, 0.6) is 11.5 Å². The first-order valence-corrected chi connectivity index (χ1v) is 11.7. The number of carbonyl (C=O) groups excluding carboxylic acids is 5. The maximum Gasteiger partial charge on any atom is 0.342 e. The van der Waals surface area contributed by atoms with E-state index in [4.69, 9.17) is 9.47 Å². The second-order valence-electron chi connectivity index (χ2n) is 8.96. The van der Waals surface area contributed by atoms with Crippen LogP contribution >= 0.6 is 0 Å². The van der Waals surface area contributed by atoms with E-state index in [0.29, 0.717) is 30.8 Å². The van der Waals surface area contributed by atoms with E-state index in [1.807, 2.05) is 0 Å². The molecule has 1 aromatic rings. The number of hydrogen-bond donors (Lipinski definition) is 1. The Kier molecular flexibility index (Phi) is 8.41. The number of esters is 1. The molecule has 0 saturated carbocycles. The van der Waals surface area contributed by atoms with Gasteiger partial charge in [-0.1, -0.05) is 6.92 Å². The number of Topliss-reactive ketones (excluding diaryl/α,β-unsaturated/α-hetero) is 3. The Hall–Kier alpha value is -3.23. The number of phenols is 1. The van der Waals surface area contributed by atoms with Crippen LogP contribution in [0.2, 0.25) is 0 Å². The molecule has 2 aliphatic heterocycles. The number of nitrogens with zero attached hydrogens (tertiary/aromatic N) is 1. The van der Waals surface area contributed by atoms with Crippen LogP contribution in [0.4, 0.5) is 0 Å². The van der Waals surface area contributed by atoms with E-state index in [1.54, 1.807) is 24.8 Å². The molecule has 1 N–H and O–H groups in total. The summed E-state index contributed by atoms with van der Waals surface area (Å²) in [6, 6.07) is 2.93. The highest BCUT2D eigenvalue weighted by atomic mass is 16.5. The van der Waals surface area contributed by atoms with Crippen molar-refractivity contribution in [1.29, 1.82) is 0 Å². The number of hydrogen-bond acceptors (Lipinski definition) is 8. The summed E-state index contributed by atoms with van der Waals surface area (Å²) >= 11 is 0. The molecular weight excluding hydrogens is 442 g/mol. The summed E-state index contributed by atoms with van der Waals surface area (Å²) in [7, 11) is 0. The molecule has 2 atom stereocenters. The maximum atomic E-state index is 12.9. The maximum absolute atomic E-state index is 12.9. The predicted octanol–water partition coefficient (Wildman–Crippen LogP) is 2.40. The normalized spacial score (nSPS) is 22.9. The van der Waals surface area contributed by atoms with E-state index in [1.165, 1.54) is 6.07 Å². The lowest BCUT2D eigenvalue weighted by Gasteiger charge is -2.22. The minimum atomic E-state index is -0.995. The van der Waals surface area contributed by atoms with Gasteiger partial charge in [0.2, 0.25) is 17.5 Å². The van der Waals surface area contributed by atoms with Gasteiger partial charge in [-0.05, 0) is 50.2 Å². The number of likely N-dealkylation sites (tertiary alicyclic amines) is 1. The molecule has 0 unspecified atom stereocenters. The zero-order valence-electron chi connectivity index (χ0n) is 19.6. The number of carbonyl (C=O) groups is 5. The summed E-state index contributed by atoms with van der Waals surface area (Å²) in [5, 5.41) is 10.6. The van der Waals surface area contributed by atoms with Crippen LogP contribution in [0.3, 0.4) is 0 Å². The fourth-order valence-electron chi connectivity index (χ4n) is 4.15. The molecule has 9 nitrogen and oxygen atoms in total. The van der Waals surface area contributed by atoms with Crippen molar-refractivity contribution >= 4 is 29.2 Å².